The van der Waals surface area contributed by atoms with Gasteiger partial charge in [-0.2, -0.15) is 0 Å². The predicted octanol–water partition coefficient (Wildman–Crippen LogP) is 2.10. The van der Waals surface area contributed by atoms with Crippen LogP contribution in [0.1, 0.15) is 26.7 Å². The summed E-state index contributed by atoms with van der Waals surface area (Å²) in [5, 5.41) is 13.7. The third-order valence-corrected chi connectivity index (χ3v) is 5.08. The minimum Gasteiger partial charge on any atom is -0.384 e. The molecule has 0 atom stereocenters. The Bertz CT molecular complexity index is 653. The largest absolute Gasteiger partial charge is 0.384 e. The molecule has 0 radical (unpaired) electrons. The number of rotatable bonds is 7. The van der Waals surface area contributed by atoms with E-state index in [1.54, 1.807) is 6.92 Å². The van der Waals surface area contributed by atoms with Gasteiger partial charge in [-0.05, 0) is 31.2 Å². The third kappa shape index (κ3) is 3.70. The van der Waals surface area contributed by atoms with Crippen LogP contribution < -0.4 is 10.0 Å². The monoisotopic (exact) mass is 313 g/mol. The summed E-state index contributed by atoms with van der Waals surface area (Å²) in [7, 11) is -3.68. The number of anilines is 1. The highest BCUT2D eigenvalue weighted by atomic mass is 32.2. The summed E-state index contributed by atoms with van der Waals surface area (Å²) in [5.74, 6) is 0. The van der Waals surface area contributed by atoms with E-state index in [1.807, 2.05) is 6.92 Å². The molecule has 0 unspecified atom stereocenters. The van der Waals surface area contributed by atoms with Gasteiger partial charge in [0.25, 0.3) is 5.69 Å². The summed E-state index contributed by atoms with van der Waals surface area (Å²) < 4.78 is 27.3. The number of hydrogen-bond acceptors (Lipinski definition) is 5. The molecule has 1 aliphatic rings. The highest BCUT2D eigenvalue weighted by Gasteiger charge is 2.38. The quantitative estimate of drug-likeness (QED) is 0.593. The minimum atomic E-state index is -3.68. The summed E-state index contributed by atoms with van der Waals surface area (Å²) in [6, 6.07) is 3.72. The summed E-state index contributed by atoms with van der Waals surface area (Å²) >= 11 is 0. The van der Waals surface area contributed by atoms with Crippen molar-refractivity contribution < 1.29 is 13.3 Å². The van der Waals surface area contributed by atoms with Gasteiger partial charge in [0.1, 0.15) is 4.90 Å². The van der Waals surface area contributed by atoms with E-state index in [9.17, 15) is 18.5 Å². The van der Waals surface area contributed by atoms with Gasteiger partial charge >= 0.3 is 0 Å². The van der Waals surface area contributed by atoms with Crippen LogP contribution >= 0.6 is 0 Å². The van der Waals surface area contributed by atoms with E-state index in [2.05, 4.69) is 10.0 Å². The molecule has 0 bridgehead atoms. The number of hydrogen-bond donors (Lipinski definition) is 2. The van der Waals surface area contributed by atoms with Crippen molar-refractivity contribution in [3.63, 3.8) is 0 Å². The van der Waals surface area contributed by atoms with Gasteiger partial charge in [0, 0.05) is 25.2 Å². The van der Waals surface area contributed by atoms with Gasteiger partial charge in [0.15, 0.2) is 0 Å². The molecule has 0 aromatic heterocycles. The van der Waals surface area contributed by atoms with Crippen LogP contribution in [0.4, 0.5) is 11.4 Å². The molecule has 1 fully saturated rings. The molecule has 0 saturated heterocycles. The molecule has 2 N–H and O–H groups in total. The summed E-state index contributed by atoms with van der Waals surface area (Å²) in [5.41, 5.74) is 0.158. The third-order valence-electron chi connectivity index (χ3n) is 3.62. The first kappa shape index (κ1) is 15.7. The van der Waals surface area contributed by atoms with Crippen LogP contribution in [0, 0.1) is 15.5 Å². The second-order valence-electron chi connectivity index (χ2n) is 5.60. The first-order valence-electron chi connectivity index (χ1n) is 6.79. The zero-order valence-corrected chi connectivity index (χ0v) is 12.9. The van der Waals surface area contributed by atoms with Gasteiger partial charge < -0.3 is 5.32 Å². The van der Waals surface area contributed by atoms with Crippen molar-refractivity contribution in [2.75, 3.05) is 18.4 Å². The molecule has 1 aliphatic carbocycles. The molecular formula is C13H19N3O4S. The van der Waals surface area contributed by atoms with Crippen LogP contribution in [-0.4, -0.2) is 26.4 Å². The highest BCUT2D eigenvalue weighted by Crippen LogP contribution is 2.44. The maximum atomic E-state index is 12.4. The fourth-order valence-electron chi connectivity index (χ4n) is 1.93. The van der Waals surface area contributed by atoms with Crippen LogP contribution in [0.2, 0.25) is 0 Å². The molecule has 1 saturated carbocycles. The van der Waals surface area contributed by atoms with Crippen LogP contribution in [-0.2, 0) is 10.0 Å². The maximum Gasteiger partial charge on any atom is 0.271 e. The normalized spacial score (nSPS) is 16.5. The van der Waals surface area contributed by atoms with Crippen molar-refractivity contribution in [3.05, 3.63) is 28.3 Å². The van der Waals surface area contributed by atoms with Gasteiger partial charge in [-0.15, -0.1) is 0 Å². The first-order chi connectivity index (χ1) is 9.77. The lowest BCUT2D eigenvalue weighted by Crippen LogP contribution is -2.29. The van der Waals surface area contributed by atoms with E-state index in [-0.39, 0.29) is 21.7 Å². The van der Waals surface area contributed by atoms with E-state index >= 15 is 0 Å². The number of nitrogens with one attached hydrogen (secondary N) is 2. The van der Waals surface area contributed by atoms with Crippen LogP contribution in [0.15, 0.2) is 23.1 Å². The molecular weight excluding hydrogens is 294 g/mol. The molecule has 2 rings (SSSR count). The summed E-state index contributed by atoms with van der Waals surface area (Å²) in [6.45, 7) is 4.68. The van der Waals surface area contributed by atoms with Crippen molar-refractivity contribution >= 4 is 21.4 Å². The van der Waals surface area contributed by atoms with E-state index < -0.39 is 14.9 Å². The summed E-state index contributed by atoms with van der Waals surface area (Å²) in [6.07, 6.45) is 2.02. The van der Waals surface area contributed by atoms with E-state index in [0.29, 0.717) is 13.1 Å². The first-order valence-corrected chi connectivity index (χ1v) is 8.28. The molecule has 1 aromatic rings. The van der Waals surface area contributed by atoms with Crippen molar-refractivity contribution in [2.45, 2.75) is 31.6 Å². The molecule has 21 heavy (non-hydrogen) atoms. The standard InChI is InChI=1S/C13H19N3O4S/c1-3-14-11-8-10(16(17)18)4-5-12(11)21(19,20)15-9-13(2)6-7-13/h4-5,8,14-15H,3,6-7,9H2,1-2H3. The average Bonchev–Trinajstić information content (AvgIpc) is 3.15. The number of nitro groups is 1. The van der Waals surface area contributed by atoms with Crippen LogP contribution in [0.3, 0.4) is 0 Å². The number of benzene rings is 1. The van der Waals surface area contributed by atoms with Crippen molar-refractivity contribution in [1.82, 2.24) is 4.72 Å². The second-order valence-corrected chi connectivity index (χ2v) is 7.34. The molecule has 116 valence electrons. The summed E-state index contributed by atoms with van der Waals surface area (Å²) in [4.78, 5) is 10.3. The zero-order valence-electron chi connectivity index (χ0n) is 12.0. The SMILES string of the molecule is CCNc1cc([N+](=O)[O-])ccc1S(=O)(=O)NCC1(C)CC1. The molecule has 8 heteroatoms. The lowest BCUT2D eigenvalue weighted by Gasteiger charge is -2.14. The lowest BCUT2D eigenvalue weighted by molar-refractivity contribution is -0.384. The maximum absolute atomic E-state index is 12.4. The molecule has 7 nitrogen and oxygen atoms in total. The highest BCUT2D eigenvalue weighted by molar-refractivity contribution is 7.89. The van der Waals surface area contributed by atoms with Crippen LogP contribution in [0.5, 0.6) is 0 Å². The smallest absolute Gasteiger partial charge is 0.271 e. The van der Waals surface area contributed by atoms with E-state index in [4.69, 9.17) is 0 Å². The average molecular weight is 313 g/mol. The van der Waals surface area contributed by atoms with Gasteiger partial charge in [-0.1, -0.05) is 6.92 Å². The lowest BCUT2D eigenvalue weighted by atomic mass is 10.2. The number of nitrogens with zero attached hydrogens (tertiary/aromatic N) is 1. The molecule has 1 aromatic carbocycles. The predicted molar refractivity (Wildman–Crippen MR) is 79.8 cm³/mol. The van der Waals surface area contributed by atoms with Crippen LogP contribution in [0.25, 0.3) is 0 Å². The Hall–Kier alpha value is -1.67. The Kier molecular flexibility index (Phi) is 4.20. The second kappa shape index (κ2) is 5.61. The van der Waals surface area contributed by atoms with Gasteiger partial charge in [-0.3, -0.25) is 10.1 Å². The Labute approximate surface area is 123 Å². The fourth-order valence-corrected chi connectivity index (χ4v) is 3.29. The van der Waals surface area contributed by atoms with E-state index in [0.717, 1.165) is 12.8 Å². The molecule has 0 spiro atoms. The van der Waals surface area contributed by atoms with Gasteiger partial charge in [0.2, 0.25) is 10.0 Å². The number of non-ortho nitro benzene ring substituents is 1. The van der Waals surface area contributed by atoms with Crippen molar-refractivity contribution in [3.8, 4) is 0 Å². The number of sulfonamides is 1. The molecule has 0 heterocycles. The van der Waals surface area contributed by atoms with E-state index in [1.165, 1.54) is 18.2 Å². The Morgan fingerprint density at radius 3 is 2.57 bits per heavy atom. The minimum absolute atomic E-state index is 0.0409. The van der Waals surface area contributed by atoms with Gasteiger partial charge in [-0.25, -0.2) is 13.1 Å². The molecule has 0 amide bonds. The van der Waals surface area contributed by atoms with Gasteiger partial charge in [0.05, 0.1) is 10.6 Å². The fraction of sp³-hybridized carbons (Fsp3) is 0.538. The van der Waals surface area contributed by atoms with Crippen molar-refractivity contribution in [1.29, 1.82) is 0 Å². The Morgan fingerprint density at radius 2 is 2.05 bits per heavy atom. The molecule has 0 aliphatic heterocycles. The topological polar surface area (TPSA) is 101 Å². The Balaban J connectivity index is 2.29. The van der Waals surface area contributed by atoms with Crippen molar-refractivity contribution in [2.24, 2.45) is 5.41 Å². The zero-order chi connectivity index (χ0) is 15.7. The number of nitro benzene ring substituents is 1. The Morgan fingerprint density at radius 1 is 1.38 bits per heavy atom.